The Hall–Kier alpha value is -0.650. The molecular weight excluding hydrogens is 198 g/mol. The highest BCUT2D eigenvalue weighted by Crippen LogP contribution is 2.30. The van der Waals surface area contributed by atoms with Crippen molar-refractivity contribution in [1.29, 1.82) is 0 Å². The monoisotopic (exact) mass is 213 g/mol. The van der Waals surface area contributed by atoms with Gasteiger partial charge in [0.15, 0.2) is 5.13 Å². The summed E-state index contributed by atoms with van der Waals surface area (Å²) in [6, 6.07) is 0. The summed E-state index contributed by atoms with van der Waals surface area (Å²) in [6.07, 6.45) is 0.865. The molecule has 0 spiro atoms. The fraction of sp³-hybridized carbons (Fsp3) is 0.667. The number of rotatable bonds is 2. The third-order valence-corrected chi connectivity index (χ3v) is 3.45. The first-order chi connectivity index (χ1) is 6.62. The quantitative estimate of drug-likeness (QED) is 0.789. The summed E-state index contributed by atoms with van der Waals surface area (Å²) in [5.74, 6) is 0. The maximum atomic E-state index is 6.19. The summed E-state index contributed by atoms with van der Waals surface area (Å²) in [6.45, 7) is 1.33. The fourth-order valence-electron chi connectivity index (χ4n) is 1.48. The van der Waals surface area contributed by atoms with E-state index in [1.807, 2.05) is 24.4 Å². The van der Waals surface area contributed by atoms with E-state index in [0.29, 0.717) is 6.61 Å². The number of nitrogens with two attached hydrogens (primary N) is 1. The second-order valence-electron chi connectivity index (χ2n) is 3.87. The summed E-state index contributed by atoms with van der Waals surface area (Å²) in [5.41, 5.74) is 6.80. The Bertz CT molecular complexity index is 318. The van der Waals surface area contributed by atoms with Crippen molar-refractivity contribution >= 4 is 16.5 Å². The molecule has 1 aliphatic heterocycles. The molecule has 1 aliphatic rings. The van der Waals surface area contributed by atoms with Crippen LogP contribution in [-0.4, -0.2) is 32.3 Å². The molecule has 0 bridgehead atoms. The maximum absolute atomic E-state index is 6.19. The third kappa shape index (κ3) is 1.63. The van der Waals surface area contributed by atoms with E-state index < -0.39 is 0 Å². The van der Waals surface area contributed by atoms with E-state index in [-0.39, 0.29) is 5.54 Å². The molecule has 0 amide bonds. The summed E-state index contributed by atoms with van der Waals surface area (Å²) in [7, 11) is 3.97. The Labute approximate surface area is 87.7 Å². The molecule has 1 unspecified atom stereocenters. The van der Waals surface area contributed by atoms with Gasteiger partial charge in [0.2, 0.25) is 0 Å². The first kappa shape index (κ1) is 9.89. The normalized spacial score (nSPS) is 26.8. The second kappa shape index (κ2) is 3.49. The lowest BCUT2D eigenvalue weighted by Gasteiger charge is -2.18. The van der Waals surface area contributed by atoms with E-state index in [9.17, 15) is 0 Å². The van der Waals surface area contributed by atoms with Gasteiger partial charge >= 0.3 is 0 Å². The fourth-order valence-corrected chi connectivity index (χ4v) is 2.35. The van der Waals surface area contributed by atoms with E-state index in [0.717, 1.165) is 23.9 Å². The molecule has 0 aliphatic carbocycles. The largest absolute Gasteiger partial charge is 0.379 e. The average Bonchev–Trinajstić information content (AvgIpc) is 2.71. The SMILES string of the molecule is CN(C)c1nc(C2(N)CCOC2)cs1. The Kier molecular flexibility index (Phi) is 2.47. The molecule has 1 saturated heterocycles. The smallest absolute Gasteiger partial charge is 0.185 e. The number of thiazole rings is 1. The predicted octanol–water partition coefficient (Wildman–Crippen LogP) is 0.783. The van der Waals surface area contributed by atoms with Crippen molar-refractivity contribution in [2.75, 3.05) is 32.2 Å². The van der Waals surface area contributed by atoms with Crippen LogP contribution < -0.4 is 10.6 Å². The Balaban J connectivity index is 2.23. The van der Waals surface area contributed by atoms with Crippen molar-refractivity contribution in [2.24, 2.45) is 5.73 Å². The zero-order valence-corrected chi connectivity index (χ0v) is 9.30. The lowest BCUT2D eigenvalue weighted by atomic mass is 9.97. The molecule has 2 rings (SSSR count). The van der Waals surface area contributed by atoms with Crippen LogP contribution in [0.5, 0.6) is 0 Å². The van der Waals surface area contributed by atoms with E-state index in [2.05, 4.69) is 4.98 Å². The van der Waals surface area contributed by atoms with E-state index in [1.165, 1.54) is 0 Å². The van der Waals surface area contributed by atoms with E-state index in [1.54, 1.807) is 11.3 Å². The van der Waals surface area contributed by atoms with Crippen molar-refractivity contribution in [3.8, 4) is 0 Å². The van der Waals surface area contributed by atoms with Crippen LogP contribution in [0.15, 0.2) is 5.38 Å². The zero-order valence-electron chi connectivity index (χ0n) is 8.49. The first-order valence-corrected chi connectivity index (χ1v) is 5.50. The summed E-state index contributed by atoms with van der Waals surface area (Å²) in [4.78, 5) is 6.50. The zero-order chi connectivity index (χ0) is 10.2. The Morgan fingerprint density at radius 2 is 2.43 bits per heavy atom. The van der Waals surface area contributed by atoms with Gasteiger partial charge in [-0.1, -0.05) is 0 Å². The van der Waals surface area contributed by atoms with Gasteiger partial charge in [-0.2, -0.15) is 0 Å². The van der Waals surface area contributed by atoms with Crippen molar-refractivity contribution in [1.82, 2.24) is 4.98 Å². The van der Waals surface area contributed by atoms with Crippen LogP contribution in [0.4, 0.5) is 5.13 Å². The molecular formula is C9H15N3OS. The topological polar surface area (TPSA) is 51.4 Å². The van der Waals surface area contributed by atoms with Gasteiger partial charge in [-0.25, -0.2) is 4.98 Å². The molecule has 1 aromatic rings. The molecule has 0 aromatic carbocycles. The maximum Gasteiger partial charge on any atom is 0.185 e. The number of nitrogens with zero attached hydrogens (tertiary/aromatic N) is 2. The highest BCUT2D eigenvalue weighted by Gasteiger charge is 2.34. The van der Waals surface area contributed by atoms with Gasteiger partial charge in [-0.3, -0.25) is 0 Å². The third-order valence-electron chi connectivity index (χ3n) is 2.44. The number of ether oxygens (including phenoxy) is 1. The first-order valence-electron chi connectivity index (χ1n) is 4.62. The van der Waals surface area contributed by atoms with Gasteiger partial charge in [0.05, 0.1) is 17.8 Å². The minimum absolute atomic E-state index is 0.356. The molecule has 1 fully saturated rings. The number of hydrogen-bond acceptors (Lipinski definition) is 5. The van der Waals surface area contributed by atoms with Crippen LogP contribution in [0.2, 0.25) is 0 Å². The van der Waals surface area contributed by atoms with Gasteiger partial charge in [-0.15, -0.1) is 11.3 Å². The average molecular weight is 213 g/mol. The van der Waals surface area contributed by atoms with Crippen molar-refractivity contribution < 1.29 is 4.74 Å². The number of aromatic nitrogens is 1. The van der Waals surface area contributed by atoms with E-state index >= 15 is 0 Å². The minimum atomic E-state index is -0.356. The highest BCUT2D eigenvalue weighted by atomic mass is 32.1. The van der Waals surface area contributed by atoms with Crippen LogP contribution in [-0.2, 0) is 10.3 Å². The highest BCUT2D eigenvalue weighted by molar-refractivity contribution is 7.13. The van der Waals surface area contributed by atoms with E-state index in [4.69, 9.17) is 10.5 Å². The Morgan fingerprint density at radius 1 is 1.64 bits per heavy atom. The van der Waals surface area contributed by atoms with Crippen molar-refractivity contribution in [2.45, 2.75) is 12.0 Å². The van der Waals surface area contributed by atoms with Crippen LogP contribution >= 0.6 is 11.3 Å². The van der Waals surface area contributed by atoms with Crippen molar-refractivity contribution in [3.63, 3.8) is 0 Å². The predicted molar refractivity (Wildman–Crippen MR) is 57.7 cm³/mol. The summed E-state index contributed by atoms with van der Waals surface area (Å²) >= 11 is 1.62. The summed E-state index contributed by atoms with van der Waals surface area (Å²) in [5, 5.41) is 3.03. The minimum Gasteiger partial charge on any atom is -0.379 e. The number of anilines is 1. The van der Waals surface area contributed by atoms with Gasteiger partial charge in [-0.05, 0) is 6.42 Å². The molecule has 0 saturated carbocycles. The molecule has 2 heterocycles. The molecule has 2 N–H and O–H groups in total. The standard InChI is InChI=1S/C9H15N3OS/c1-12(2)8-11-7(5-14-8)9(10)3-4-13-6-9/h5H,3-4,6,10H2,1-2H3. The molecule has 78 valence electrons. The molecule has 5 heteroatoms. The molecule has 0 radical (unpaired) electrons. The molecule has 4 nitrogen and oxygen atoms in total. The van der Waals surface area contributed by atoms with Crippen LogP contribution in [0.25, 0.3) is 0 Å². The van der Waals surface area contributed by atoms with Crippen molar-refractivity contribution in [3.05, 3.63) is 11.1 Å². The lowest BCUT2D eigenvalue weighted by Crippen LogP contribution is -2.37. The van der Waals surface area contributed by atoms with Gasteiger partial charge in [0.25, 0.3) is 0 Å². The van der Waals surface area contributed by atoms with Crippen LogP contribution in [0.1, 0.15) is 12.1 Å². The number of hydrogen-bond donors (Lipinski definition) is 1. The van der Waals surface area contributed by atoms with Crippen LogP contribution in [0, 0.1) is 0 Å². The molecule has 1 aromatic heterocycles. The Morgan fingerprint density at radius 3 is 2.93 bits per heavy atom. The van der Waals surface area contributed by atoms with Gasteiger partial charge in [0.1, 0.15) is 0 Å². The van der Waals surface area contributed by atoms with Crippen LogP contribution in [0.3, 0.4) is 0 Å². The molecule has 14 heavy (non-hydrogen) atoms. The van der Waals surface area contributed by atoms with Gasteiger partial charge in [0, 0.05) is 26.1 Å². The lowest BCUT2D eigenvalue weighted by molar-refractivity contribution is 0.177. The second-order valence-corrected chi connectivity index (χ2v) is 4.71. The van der Waals surface area contributed by atoms with Gasteiger partial charge < -0.3 is 15.4 Å². The molecule has 1 atom stereocenters. The summed E-state index contributed by atoms with van der Waals surface area (Å²) < 4.78 is 5.31.